The van der Waals surface area contributed by atoms with Crippen LogP contribution in [0.5, 0.6) is 0 Å². The van der Waals surface area contributed by atoms with E-state index in [1.54, 1.807) is 10.7 Å². The Morgan fingerprint density at radius 1 is 1.08 bits per heavy atom. The molecule has 2 aliphatic rings. The van der Waals surface area contributed by atoms with Crippen LogP contribution in [-0.2, 0) is 0 Å². The summed E-state index contributed by atoms with van der Waals surface area (Å²) in [7, 11) is 0. The number of aromatic nitrogens is 7. The topological polar surface area (TPSA) is 118 Å². The quantitative estimate of drug-likeness (QED) is 0.278. The van der Waals surface area contributed by atoms with Crippen LogP contribution in [0.4, 0.5) is 17.6 Å². The Morgan fingerprint density at radius 3 is 2.85 bits per heavy atom. The molecule has 1 aliphatic heterocycles. The average Bonchev–Trinajstić information content (AvgIpc) is 3.71. The summed E-state index contributed by atoms with van der Waals surface area (Å²) >= 11 is 0. The summed E-state index contributed by atoms with van der Waals surface area (Å²) in [4.78, 5) is 23.6. The van der Waals surface area contributed by atoms with Gasteiger partial charge < -0.3 is 16.0 Å². The van der Waals surface area contributed by atoms with Gasteiger partial charge in [0.05, 0.1) is 11.7 Å². The lowest BCUT2D eigenvalue weighted by molar-refractivity contribution is 0.166. The zero-order valence-electron chi connectivity index (χ0n) is 22.2. The van der Waals surface area contributed by atoms with Crippen molar-refractivity contribution in [2.45, 2.75) is 39.0 Å². The maximum absolute atomic E-state index is 5.10. The molecule has 7 rings (SSSR count). The fourth-order valence-electron chi connectivity index (χ4n) is 5.53. The second-order valence-electron chi connectivity index (χ2n) is 11.3. The van der Waals surface area contributed by atoms with E-state index >= 15 is 0 Å². The van der Waals surface area contributed by atoms with Crippen LogP contribution < -0.4 is 16.0 Å². The van der Waals surface area contributed by atoms with E-state index in [2.05, 4.69) is 49.8 Å². The lowest BCUT2D eigenvalue weighted by atomic mass is 9.74. The zero-order chi connectivity index (χ0) is 26.4. The molecular formula is C29H32N10. The third kappa shape index (κ3) is 4.76. The molecule has 0 bridgehead atoms. The molecule has 0 aromatic carbocycles. The molecule has 1 unspecified atom stereocenters. The molecule has 3 N–H and O–H groups in total. The maximum atomic E-state index is 5.10. The third-order valence-electron chi connectivity index (χ3n) is 8.02. The average molecular weight is 521 g/mol. The number of hydrogen-bond acceptors (Lipinski definition) is 9. The molecule has 198 valence electrons. The summed E-state index contributed by atoms with van der Waals surface area (Å²) in [6.07, 6.45) is 11.0. The number of rotatable bonds is 7. The first-order chi connectivity index (χ1) is 19.0. The molecule has 0 radical (unpaired) electrons. The monoisotopic (exact) mass is 520 g/mol. The second-order valence-corrected chi connectivity index (χ2v) is 11.3. The SMILES string of the molecule is CC1(C)CNCCC1CNc1nc(-c2ccnc(Nc3nc4ccccn4n3)c2)nc2cncc(C3CC3)c12. The Morgan fingerprint density at radius 2 is 2.00 bits per heavy atom. The predicted octanol–water partition coefficient (Wildman–Crippen LogP) is 4.80. The summed E-state index contributed by atoms with van der Waals surface area (Å²) in [6.45, 7) is 7.64. The Labute approximate surface area is 226 Å². The first kappa shape index (κ1) is 23.9. The molecule has 1 saturated heterocycles. The van der Waals surface area contributed by atoms with Crippen molar-refractivity contribution in [3.8, 4) is 11.4 Å². The molecule has 5 aromatic rings. The molecule has 5 aromatic heterocycles. The molecule has 39 heavy (non-hydrogen) atoms. The molecule has 10 nitrogen and oxygen atoms in total. The number of hydrogen-bond donors (Lipinski definition) is 3. The standard InChI is InChI=1S/C29H32N10/c1-29(2)17-30-10-9-20(29)14-33-27-25-21(18-6-7-18)15-31-16-22(25)34-26(37-27)19-8-11-32-23(13-19)35-28-36-24-5-3-4-12-39(24)38-28/h3-5,8,11-13,15-16,18,20,30H,6-7,9-10,14,17H2,1-2H3,(H,32,35,38)(H,33,34,37). The minimum Gasteiger partial charge on any atom is -0.369 e. The van der Waals surface area contributed by atoms with Gasteiger partial charge in [0.2, 0.25) is 5.95 Å². The van der Waals surface area contributed by atoms with Crippen LogP contribution >= 0.6 is 0 Å². The fraction of sp³-hybridized carbons (Fsp3) is 0.379. The third-order valence-corrected chi connectivity index (χ3v) is 8.02. The highest BCUT2D eigenvalue weighted by Crippen LogP contribution is 2.44. The van der Waals surface area contributed by atoms with Crippen LogP contribution in [-0.4, -0.2) is 54.2 Å². The number of pyridine rings is 3. The lowest BCUT2D eigenvalue weighted by Gasteiger charge is -2.39. The largest absolute Gasteiger partial charge is 0.369 e. The Balaban J connectivity index is 1.24. The van der Waals surface area contributed by atoms with Crippen LogP contribution in [0.3, 0.4) is 0 Å². The van der Waals surface area contributed by atoms with Gasteiger partial charge in [-0.3, -0.25) is 4.98 Å². The minimum atomic E-state index is 0.218. The summed E-state index contributed by atoms with van der Waals surface area (Å²) < 4.78 is 1.73. The Bertz CT molecular complexity index is 1620. The first-order valence-electron chi connectivity index (χ1n) is 13.7. The van der Waals surface area contributed by atoms with Gasteiger partial charge in [0.25, 0.3) is 0 Å². The van der Waals surface area contributed by atoms with E-state index in [0.29, 0.717) is 29.4 Å². The van der Waals surface area contributed by atoms with E-state index in [1.807, 2.05) is 48.9 Å². The molecule has 0 amide bonds. The molecule has 1 atom stereocenters. The molecule has 2 fully saturated rings. The van der Waals surface area contributed by atoms with Crippen molar-refractivity contribution in [1.29, 1.82) is 0 Å². The van der Waals surface area contributed by atoms with Crippen molar-refractivity contribution in [3.05, 3.63) is 60.7 Å². The number of anilines is 3. The van der Waals surface area contributed by atoms with Crippen LogP contribution in [0.15, 0.2) is 55.1 Å². The van der Waals surface area contributed by atoms with E-state index in [0.717, 1.165) is 54.0 Å². The van der Waals surface area contributed by atoms with Crippen molar-refractivity contribution < 1.29 is 0 Å². The van der Waals surface area contributed by atoms with Crippen LogP contribution in [0.2, 0.25) is 0 Å². The molecule has 6 heterocycles. The van der Waals surface area contributed by atoms with E-state index in [-0.39, 0.29) is 5.41 Å². The van der Waals surface area contributed by atoms with Crippen LogP contribution in [0.1, 0.15) is 44.6 Å². The highest BCUT2D eigenvalue weighted by atomic mass is 15.3. The number of nitrogens with one attached hydrogen (secondary N) is 3. The van der Waals surface area contributed by atoms with Gasteiger partial charge in [-0.05, 0) is 72.9 Å². The van der Waals surface area contributed by atoms with E-state index < -0.39 is 0 Å². The van der Waals surface area contributed by atoms with Gasteiger partial charge in [0.1, 0.15) is 11.6 Å². The Hall–Kier alpha value is -4.18. The second kappa shape index (κ2) is 9.53. The Kier molecular flexibility index (Phi) is 5.84. The van der Waals surface area contributed by atoms with Crippen LogP contribution in [0, 0.1) is 11.3 Å². The van der Waals surface area contributed by atoms with Crippen molar-refractivity contribution in [3.63, 3.8) is 0 Å². The number of piperidine rings is 1. The molecule has 1 saturated carbocycles. The summed E-state index contributed by atoms with van der Waals surface area (Å²) in [5.74, 6) is 3.73. The molecule has 0 spiro atoms. The fourth-order valence-corrected chi connectivity index (χ4v) is 5.53. The van der Waals surface area contributed by atoms with Crippen molar-refractivity contribution >= 4 is 34.1 Å². The minimum absolute atomic E-state index is 0.218. The summed E-state index contributed by atoms with van der Waals surface area (Å²) in [6, 6.07) is 9.63. The lowest BCUT2D eigenvalue weighted by Crippen LogP contribution is -2.45. The van der Waals surface area contributed by atoms with Gasteiger partial charge in [-0.25, -0.2) is 19.5 Å². The first-order valence-corrected chi connectivity index (χ1v) is 13.7. The van der Waals surface area contributed by atoms with Crippen LogP contribution in [0.25, 0.3) is 27.9 Å². The van der Waals surface area contributed by atoms with Gasteiger partial charge in [-0.2, -0.15) is 4.98 Å². The normalized spacial score (nSPS) is 18.9. The summed E-state index contributed by atoms with van der Waals surface area (Å²) in [5.41, 5.74) is 3.96. The van der Waals surface area contributed by atoms with E-state index in [1.165, 1.54) is 18.4 Å². The van der Waals surface area contributed by atoms with E-state index in [9.17, 15) is 0 Å². The van der Waals surface area contributed by atoms with Gasteiger partial charge in [0.15, 0.2) is 11.5 Å². The predicted molar refractivity (Wildman–Crippen MR) is 152 cm³/mol. The highest BCUT2D eigenvalue weighted by Gasteiger charge is 2.33. The van der Waals surface area contributed by atoms with Gasteiger partial charge in [-0.1, -0.05) is 19.9 Å². The van der Waals surface area contributed by atoms with Gasteiger partial charge >= 0.3 is 0 Å². The summed E-state index contributed by atoms with van der Waals surface area (Å²) in [5, 5.41) is 16.1. The van der Waals surface area contributed by atoms with Gasteiger partial charge in [0, 0.05) is 42.6 Å². The van der Waals surface area contributed by atoms with Crippen molar-refractivity contribution in [2.75, 3.05) is 30.3 Å². The van der Waals surface area contributed by atoms with E-state index in [4.69, 9.17) is 9.97 Å². The van der Waals surface area contributed by atoms with Crippen molar-refractivity contribution in [2.24, 2.45) is 11.3 Å². The maximum Gasteiger partial charge on any atom is 0.248 e. The highest BCUT2D eigenvalue weighted by molar-refractivity contribution is 5.93. The molecular weight excluding hydrogens is 488 g/mol. The molecule has 1 aliphatic carbocycles. The number of nitrogens with zero attached hydrogens (tertiary/aromatic N) is 7. The zero-order valence-corrected chi connectivity index (χ0v) is 22.2. The smallest absolute Gasteiger partial charge is 0.248 e. The van der Waals surface area contributed by atoms with Crippen molar-refractivity contribution in [1.82, 2.24) is 39.9 Å². The number of fused-ring (bicyclic) bond motifs is 2. The molecule has 10 heteroatoms. The van der Waals surface area contributed by atoms with Gasteiger partial charge in [-0.15, -0.1) is 5.10 Å².